The molecule has 0 aromatic heterocycles. The number of ether oxygens (including phenoxy) is 1. The Morgan fingerprint density at radius 2 is 1.84 bits per heavy atom. The van der Waals surface area contributed by atoms with E-state index in [0.29, 0.717) is 29.2 Å². The molecule has 2 aromatic carbocycles. The van der Waals surface area contributed by atoms with Gasteiger partial charge in [0.1, 0.15) is 18.1 Å². The fourth-order valence-corrected chi connectivity index (χ4v) is 5.30. The highest BCUT2D eigenvalue weighted by Crippen LogP contribution is 2.44. The van der Waals surface area contributed by atoms with Crippen molar-refractivity contribution in [3.63, 3.8) is 0 Å². The number of hydrogen-bond acceptors (Lipinski definition) is 8. The predicted octanol–water partition coefficient (Wildman–Crippen LogP) is 5.62. The van der Waals surface area contributed by atoms with E-state index in [2.05, 4.69) is 13.9 Å². The number of methoxy groups -OCH3 is 1. The number of carbonyl (C=O) groups excluding carboxylic acids is 1. The van der Waals surface area contributed by atoms with Crippen LogP contribution in [0, 0.1) is 0 Å². The van der Waals surface area contributed by atoms with Crippen LogP contribution in [-0.4, -0.2) is 51.2 Å². The van der Waals surface area contributed by atoms with Crippen molar-refractivity contribution >= 4 is 40.8 Å². The van der Waals surface area contributed by atoms with Crippen LogP contribution in [0.15, 0.2) is 64.8 Å². The minimum absolute atomic E-state index is 0.0504. The smallest absolute Gasteiger partial charge is 0.303 e. The SMILES string of the molecule is COc1ccc(C2=C(O)C(=CC3=[N+](CCCCCC(=O)O)c4ccc(SOOO)cc4C3(C)C)C2=O)cc1. The van der Waals surface area contributed by atoms with Gasteiger partial charge >= 0.3 is 5.97 Å². The Balaban J connectivity index is 1.70. The quantitative estimate of drug-likeness (QED) is 0.0785. The highest BCUT2D eigenvalue weighted by molar-refractivity contribution is 7.94. The van der Waals surface area contributed by atoms with E-state index in [0.717, 1.165) is 41.8 Å². The maximum absolute atomic E-state index is 13.2. The molecule has 3 N–H and O–H groups in total. The Kier molecular flexibility index (Phi) is 8.37. The van der Waals surface area contributed by atoms with Gasteiger partial charge in [-0.2, -0.15) is 4.58 Å². The van der Waals surface area contributed by atoms with Gasteiger partial charge in [0.25, 0.3) is 0 Å². The molecule has 0 spiro atoms. The molecule has 200 valence electrons. The zero-order valence-electron chi connectivity index (χ0n) is 21.4. The zero-order chi connectivity index (χ0) is 27.4. The second-order valence-electron chi connectivity index (χ2n) is 9.61. The first-order valence-electron chi connectivity index (χ1n) is 12.2. The number of aliphatic hydroxyl groups excluding tert-OH is 1. The number of aliphatic hydroxyl groups is 1. The first-order valence-corrected chi connectivity index (χ1v) is 12.9. The van der Waals surface area contributed by atoms with E-state index >= 15 is 0 Å². The molecule has 0 amide bonds. The van der Waals surface area contributed by atoms with Crippen molar-refractivity contribution in [1.29, 1.82) is 0 Å². The molecule has 9 nitrogen and oxygen atoms in total. The number of hydrogen-bond donors (Lipinski definition) is 3. The third-order valence-corrected chi connectivity index (χ3v) is 7.49. The molecule has 0 radical (unpaired) electrons. The maximum atomic E-state index is 13.2. The molecule has 38 heavy (non-hydrogen) atoms. The lowest BCUT2D eigenvalue weighted by Crippen LogP contribution is -2.31. The first kappa shape index (κ1) is 27.6. The van der Waals surface area contributed by atoms with Crippen LogP contribution < -0.4 is 4.74 Å². The number of rotatable bonds is 12. The first-order chi connectivity index (χ1) is 18.2. The summed E-state index contributed by atoms with van der Waals surface area (Å²) < 4.78 is 11.9. The molecule has 4 rings (SSSR count). The molecule has 1 aliphatic carbocycles. The number of carbonyl (C=O) groups is 2. The summed E-state index contributed by atoms with van der Waals surface area (Å²) in [4.78, 5) is 24.8. The van der Waals surface area contributed by atoms with E-state index < -0.39 is 11.4 Å². The second-order valence-corrected chi connectivity index (χ2v) is 10.4. The lowest BCUT2D eigenvalue weighted by Gasteiger charge is -2.23. The number of fused-ring (bicyclic) bond motifs is 1. The Hall–Kier alpha value is -3.44. The molecular weight excluding hydrogens is 510 g/mol. The second kappa shape index (κ2) is 11.5. The van der Waals surface area contributed by atoms with Gasteiger partial charge in [0.2, 0.25) is 11.5 Å². The number of nitrogens with zero attached hydrogens (tertiary/aromatic N) is 1. The third kappa shape index (κ3) is 5.39. The highest BCUT2D eigenvalue weighted by atomic mass is 32.2. The zero-order valence-corrected chi connectivity index (χ0v) is 22.2. The molecule has 0 saturated heterocycles. The summed E-state index contributed by atoms with van der Waals surface area (Å²) in [5, 5.41) is 32.1. The summed E-state index contributed by atoms with van der Waals surface area (Å²) in [6.45, 7) is 4.69. The van der Waals surface area contributed by atoms with E-state index in [1.54, 1.807) is 37.5 Å². The molecular formula is C28H30NO8S+. The predicted molar refractivity (Wildman–Crippen MR) is 142 cm³/mol. The number of carboxylic acids is 1. The monoisotopic (exact) mass is 540 g/mol. The summed E-state index contributed by atoms with van der Waals surface area (Å²) in [6.07, 6.45) is 3.95. The fourth-order valence-electron chi connectivity index (χ4n) is 4.90. The van der Waals surface area contributed by atoms with Gasteiger partial charge in [0, 0.05) is 35.4 Å². The average molecular weight is 541 g/mol. The van der Waals surface area contributed by atoms with Crippen LogP contribution in [0.3, 0.4) is 0 Å². The Morgan fingerprint density at radius 3 is 2.47 bits per heavy atom. The van der Waals surface area contributed by atoms with Crippen LogP contribution in [0.5, 0.6) is 5.75 Å². The highest BCUT2D eigenvalue weighted by Gasteiger charge is 2.46. The largest absolute Gasteiger partial charge is 0.506 e. The standard InChI is InChI=1S/C28H29NO8S/c1-28(2)21-15-19(38-37-36-34)12-13-22(21)29(14-6-4-5-7-24(30)31)23(28)16-20-26(32)25(27(20)33)17-8-10-18(35-3)11-9-17/h8-13,15-16H,4-7,14H2,1-3H3,(H2-,30,31,32,33,34)/p+1. The van der Waals surface area contributed by atoms with Crippen molar-refractivity contribution in [1.82, 2.24) is 0 Å². The Labute approximate surface area is 224 Å². The van der Waals surface area contributed by atoms with Gasteiger partial charge in [0.05, 0.1) is 35.7 Å². The van der Waals surface area contributed by atoms with Crippen LogP contribution in [-0.2, 0) is 24.4 Å². The number of Topliss-reactive ketones (excluding diaryl/α,β-unsaturated/α-hetero) is 1. The molecule has 1 heterocycles. The molecule has 0 bridgehead atoms. The number of allylic oxidation sites excluding steroid dienone is 3. The minimum Gasteiger partial charge on any atom is -0.506 e. The Morgan fingerprint density at radius 1 is 1.11 bits per heavy atom. The van der Waals surface area contributed by atoms with Crippen molar-refractivity contribution in [2.45, 2.75) is 49.8 Å². The van der Waals surface area contributed by atoms with Gasteiger partial charge in [-0.3, -0.25) is 9.59 Å². The van der Waals surface area contributed by atoms with Gasteiger partial charge in [0.15, 0.2) is 5.71 Å². The van der Waals surface area contributed by atoms with Crippen molar-refractivity contribution in [2.75, 3.05) is 13.7 Å². The Bertz CT molecular complexity index is 1340. The van der Waals surface area contributed by atoms with Gasteiger partial charge in [-0.15, -0.1) is 4.33 Å². The summed E-state index contributed by atoms with van der Waals surface area (Å²) in [5.74, 6) is -0.444. The maximum Gasteiger partial charge on any atom is 0.303 e. The lowest BCUT2D eigenvalue weighted by atomic mass is 9.77. The average Bonchev–Trinajstić information content (AvgIpc) is 3.11. The molecule has 0 saturated carbocycles. The van der Waals surface area contributed by atoms with E-state index in [-0.39, 0.29) is 29.1 Å². The van der Waals surface area contributed by atoms with Gasteiger partial charge in [-0.05, 0) is 56.5 Å². The van der Waals surface area contributed by atoms with Gasteiger partial charge < -0.3 is 14.9 Å². The number of ketones is 1. The van der Waals surface area contributed by atoms with E-state index in [4.69, 9.17) is 15.1 Å². The van der Waals surface area contributed by atoms with Crippen molar-refractivity contribution in [2.24, 2.45) is 0 Å². The molecule has 1 aliphatic heterocycles. The molecule has 10 heteroatoms. The third-order valence-electron chi connectivity index (χ3n) is 6.92. The minimum atomic E-state index is -0.813. The van der Waals surface area contributed by atoms with Gasteiger partial charge in [-0.1, -0.05) is 17.2 Å². The molecule has 2 aromatic rings. The fraction of sp³-hybridized carbons (Fsp3) is 0.321. The summed E-state index contributed by atoms with van der Waals surface area (Å²) in [6, 6.07) is 12.7. The van der Waals surface area contributed by atoms with E-state index in [9.17, 15) is 14.7 Å². The van der Waals surface area contributed by atoms with Crippen molar-refractivity contribution < 1.29 is 43.7 Å². The molecule has 0 unspecified atom stereocenters. The van der Waals surface area contributed by atoms with Crippen LogP contribution >= 0.6 is 12.0 Å². The van der Waals surface area contributed by atoms with Crippen LogP contribution in [0.25, 0.3) is 5.57 Å². The van der Waals surface area contributed by atoms with Crippen LogP contribution in [0.4, 0.5) is 5.69 Å². The van der Waals surface area contributed by atoms with Gasteiger partial charge in [-0.25, -0.2) is 5.26 Å². The normalized spacial score (nSPS) is 17.2. The molecule has 0 atom stereocenters. The molecule has 0 fully saturated rings. The van der Waals surface area contributed by atoms with E-state index in [1.165, 1.54) is 0 Å². The van der Waals surface area contributed by atoms with E-state index in [1.807, 2.05) is 32.0 Å². The lowest BCUT2D eigenvalue weighted by molar-refractivity contribution is -0.438. The topological polar surface area (TPSA) is 126 Å². The van der Waals surface area contributed by atoms with Crippen LogP contribution in [0.1, 0.15) is 50.7 Å². The van der Waals surface area contributed by atoms with Crippen LogP contribution in [0.2, 0.25) is 0 Å². The number of carboxylic acid groups (broad SMARTS) is 1. The number of aliphatic carboxylic acids is 1. The summed E-state index contributed by atoms with van der Waals surface area (Å²) >= 11 is 0.866. The summed E-state index contributed by atoms with van der Waals surface area (Å²) in [5.41, 5.74) is 3.37. The number of benzene rings is 2. The van der Waals surface area contributed by atoms with Crippen molar-refractivity contribution in [3.8, 4) is 5.75 Å². The number of unbranched alkanes of at least 4 members (excludes halogenated alkanes) is 2. The summed E-state index contributed by atoms with van der Waals surface area (Å²) in [7, 11) is 1.56. The molecule has 2 aliphatic rings. The van der Waals surface area contributed by atoms with Crippen molar-refractivity contribution in [3.05, 3.63) is 71.0 Å².